The van der Waals surface area contributed by atoms with Crippen molar-refractivity contribution in [2.45, 2.75) is 6.04 Å². The quantitative estimate of drug-likeness (QED) is 0.808. The van der Waals surface area contributed by atoms with Gasteiger partial charge in [-0.05, 0) is 13.1 Å². The van der Waals surface area contributed by atoms with E-state index in [4.69, 9.17) is 11.6 Å². The van der Waals surface area contributed by atoms with Gasteiger partial charge in [-0.2, -0.15) is 0 Å². The maximum absolute atomic E-state index is 13.6. The molecule has 1 rings (SSSR count). The van der Waals surface area contributed by atoms with Gasteiger partial charge in [-0.25, -0.2) is 9.18 Å². The summed E-state index contributed by atoms with van der Waals surface area (Å²) in [6.45, 7) is 0. The van der Waals surface area contributed by atoms with Gasteiger partial charge in [0, 0.05) is 5.56 Å². The number of ether oxygens (including phenoxy) is 1. The van der Waals surface area contributed by atoms with Crippen molar-refractivity contribution in [1.82, 2.24) is 5.32 Å². The fraction of sp³-hybridized carbons (Fsp3) is 0.300. The van der Waals surface area contributed by atoms with Crippen LogP contribution in [0.2, 0.25) is 5.02 Å². The van der Waals surface area contributed by atoms with Crippen LogP contribution in [0.4, 0.5) is 4.39 Å². The van der Waals surface area contributed by atoms with Crippen LogP contribution in [0.25, 0.3) is 0 Å². The highest BCUT2D eigenvalue weighted by atomic mass is 35.5. The molecule has 5 heteroatoms. The molecule has 0 aromatic heterocycles. The second-order valence-corrected chi connectivity index (χ2v) is 3.30. The first kappa shape index (κ1) is 11.9. The van der Waals surface area contributed by atoms with Crippen LogP contribution < -0.4 is 5.32 Å². The summed E-state index contributed by atoms with van der Waals surface area (Å²) in [5.74, 6) is -1.16. The Morgan fingerprint density at radius 1 is 1.60 bits per heavy atom. The number of benzene rings is 1. The van der Waals surface area contributed by atoms with E-state index in [1.54, 1.807) is 13.1 Å². The van der Waals surface area contributed by atoms with E-state index in [-0.39, 0.29) is 10.6 Å². The van der Waals surface area contributed by atoms with Crippen LogP contribution in [0, 0.1) is 5.82 Å². The summed E-state index contributed by atoms with van der Waals surface area (Å²) < 4.78 is 18.1. The Kier molecular flexibility index (Phi) is 4.05. The van der Waals surface area contributed by atoms with E-state index in [0.717, 1.165) is 0 Å². The summed E-state index contributed by atoms with van der Waals surface area (Å²) in [6.07, 6.45) is 0. The molecule has 0 aliphatic carbocycles. The molecule has 0 aliphatic heterocycles. The van der Waals surface area contributed by atoms with E-state index in [0.29, 0.717) is 0 Å². The molecular weight excluding hydrogens is 221 g/mol. The first-order valence-corrected chi connectivity index (χ1v) is 4.68. The smallest absolute Gasteiger partial charge is 0.327 e. The number of methoxy groups -OCH3 is 1. The van der Waals surface area contributed by atoms with Gasteiger partial charge in [0.2, 0.25) is 0 Å². The average molecular weight is 232 g/mol. The molecule has 0 saturated heterocycles. The first-order chi connectivity index (χ1) is 7.11. The Morgan fingerprint density at radius 2 is 2.27 bits per heavy atom. The third kappa shape index (κ3) is 2.46. The zero-order valence-electron chi connectivity index (χ0n) is 8.38. The monoisotopic (exact) mass is 231 g/mol. The van der Waals surface area contributed by atoms with Crippen molar-refractivity contribution in [1.29, 1.82) is 0 Å². The van der Waals surface area contributed by atoms with E-state index in [2.05, 4.69) is 10.1 Å². The molecule has 1 unspecified atom stereocenters. The highest BCUT2D eigenvalue weighted by molar-refractivity contribution is 6.30. The summed E-state index contributed by atoms with van der Waals surface area (Å²) in [6, 6.07) is 3.64. The Hall–Kier alpha value is -1.13. The van der Waals surface area contributed by atoms with Crippen LogP contribution in [-0.2, 0) is 9.53 Å². The molecule has 82 valence electrons. The van der Waals surface area contributed by atoms with Gasteiger partial charge in [-0.1, -0.05) is 23.7 Å². The van der Waals surface area contributed by atoms with E-state index >= 15 is 0 Å². The molecule has 3 nitrogen and oxygen atoms in total. The number of hydrogen-bond donors (Lipinski definition) is 1. The maximum atomic E-state index is 13.6. The van der Waals surface area contributed by atoms with Crippen LogP contribution in [0.3, 0.4) is 0 Å². The molecule has 1 atom stereocenters. The lowest BCUT2D eigenvalue weighted by molar-refractivity contribution is -0.143. The Labute approximate surface area is 92.2 Å². The lowest BCUT2D eigenvalue weighted by atomic mass is 10.1. The zero-order chi connectivity index (χ0) is 11.4. The normalized spacial score (nSPS) is 12.3. The van der Waals surface area contributed by atoms with Crippen molar-refractivity contribution in [3.8, 4) is 0 Å². The Morgan fingerprint density at radius 3 is 2.80 bits per heavy atom. The van der Waals surface area contributed by atoms with Gasteiger partial charge in [-0.3, -0.25) is 0 Å². The highest BCUT2D eigenvalue weighted by Gasteiger charge is 2.23. The molecule has 15 heavy (non-hydrogen) atoms. The standard InChI is InChI=1S/C10H11ClFNO2/c1-13-9(10(14)15-2)6-4-3-5-7(11)8(6)12/h3-5,9,13H,1-2H3. The number of likely N-dealkylation sites (N-methyl/N-ethyl adjacent to an activating group) is 1. The molecule has 0 aliphatic rings. The highest BCUT2D eigenvalue weighted by Crippen LogP contribution is 2.23. The van der Waals surface area contributed by atoms with Gasteiger partial charge in [0.1, 0.15) is 11.9 Å². The Bertz CT molecular complexity index is 370. The van der Waals surface area contributed by atoms with E-state index < -0.39 is 17.8 Å². The van der Waals surface area contributed by atoms with Crippen molar-refractivity contribution < 1.29 is 13.9 Å². The van der Waals surface area contributed by atoms with Gasteiger partial charge in [0.05, 0.1) is 12.1 Å². The second kappa shape index (κ2) is 5.09. The summed E-state index contributed by atoms with van der Waals surface area (Å²) >= 11 is 5.61. The first-order valence-electron chi connectivity index (χ1n) is 4.30. The number of hydrogen-bond acceptors (Lipinski definition) is 3. The van der Waals surface area contributed by atoms with Crippen molar-refractivity contribution in [3.63, 3.8) is 0 Å². The molecule has 1 N–H and O–H groups in total. The minimum absolute atomic E-state index is 0.0170. The molecule has 0 amide bonds. The molecule has 1 aromatic rings. The van der Waals surface area contributed by atoms with E-state index in [1.165, 1.54) is 19.2 Å². The van der Waals surface area contributed by atoms with Crippen LogP contribution in [0.1, 0.15) is 11.6 Å². The third-order valence-corrected chi connectivity index (χ3v) is 2.31. The number of nitrogens with one attached hydrogen (secondary N) is 1. The number of esters is 1. The Balaban J connectivity index is 3.12. The van der Waals surface area contributed by atoms with Crippen LogP contribution in [0.15, 0.2) is 18.2 Å². The number of halogens is 2. The SMILES string of the molecule is CNC(C(=O)OC)c1cccc(Cl)c1F. The third-order valence-electron chi connectivity index (χ3n) is 2.02. The molecule has 1 aromatic carbocycles. The molecule has 0 saturated carbocycles. The lowest BCUT2D eigenvalue weighted by Crippen LogP contribution is -2.27. The van der Waals surface area contributed by atoms with Crippen molar-refractivity contribution in [2.75, 3.05) is 14.2 Å². The van der Waals surface area contributed by atoms with Crippen LogP contribution >= 0.6 is 11.6 Å². The van der Waals surface area contributed by atoms with Crippen molar-refractivity contribution >= 4 is 17.6 Å². The predicted octanol–water partition coefficient (Wildman–Crippen LogP) is 1.91. The van der Waals surface area contributed by atoms with Crippen LogP contribution in [0.5, 0.6) is 0 Å². The molecule has 0 bridgehead atoms. The summed E-state index contributed by atoms with van der Waals surface area (Å²) in [7, 11) is 2.79. The molecule has 0 heterocycles. The number of rotatable bonds is 3. The largest absolute Gasteiger partial charge is 0.468 e. The predicted molar refractivity (Wildman–Crippen MR) is 55.2 cm³/mol. The van der Waals surface area contributed by atoms with Gasteiger partial charge in [0.15, 0.2) is 0 Å². The minimum Gasteiger partial charge on any atom is -0.468 e. The summed E-state index contributed by atoms with van der Waals surface area (Å²) in [4.78, 5) is 11.3. The topological polar surface area (TPSA) is 38.3 Å². The van der Waals surface area contributed by atoms with Gasteiger partial charge in [0.25, 0.3) is 0 Å². The number of carbonyl (C=O) groups excluding carboxylic acids is 1. The average Bonchev–Trinajstić information content (AvgIpc) is 2.24. The lowest BCUT2D eigenvalue weighted by Gasteiger charge is -2.14. The molecule has 0 radical (unpaired) electrons. The van der Waals surface area contributed by atoms with Gasteiger partial charge < -0.3 is 10.1 Å². The fourth-order valence-electron chi connectivity index (χ4n) is 1.26. The number of carbonyl (C=O) groups is 1. The summed E-state index contributed by atoms with van der Waals surface area (Å²) in [5.41, 5.74) is 0.178. The van der Waals surface area contributed by atoms with E-state index in [1.807, 2.05) is 0 Å². The minimum atomic E-state index is -0.839. The summed E-state index contributed by atoms with van der Waals surface area (Å²) in [5, 5.41) is 2.65. The second-order valence-electron chi connectivity index (χ2n) is 2.89. The van der Waals surface area contributed by atoms with Crippen molar-refractivity contribution in [2.24, 2.45) is 0 Å². The molecule has 0 spiro atoms. The van der Waals surface area contributed by atoms with E-state index in [9.17, 15) is 9.18 Å². The van der Waals surface area contributed by atoms with Gasteiger partial charge in [-0.15, -0.1) is 0 Å². The fourth-order valence-corrected chi connectivity index (χ4v) is 1.44. The maximum Gasteiger partial charge on any atom is 0.327 e. The molecular formula is C10H11ClFNO2. The molecule has 0 fully saturated rings. The van der Waals surface area contributed by atoms with Crippen molar-refractivity contribution in [3.05, 3.63) is 34.6 Å². The zero-order valence-corrected chi connectivity index (χ0v) is 9.14. The van der Waals surface area contributed by atoms with Gasteiger partial charge >= 0.3 is 5.97 Å². The van der Waals surface area contributed by atoms with Crippen LogP contribution in [-0.4, -0.2) is 20.1 Å².